The predicted molar refractivity (Wildman–Crippen MR) is 80.2 cm³/mol. The summed E-state index contributed by atoms with van der Waals surface area (Å²) in [5.74, 6) is 0.905. The van der Waals surface area contributed by atoms with Gasteiger partial charge in [0.1, 0.15) is 0 Å². The molecule has 116 valence electrons. The highest BCUT2D eigenvalue weighted by atomic mass is 16.3. The van der Waals surface area contributed by atoms with Crippen molar-refractivity contribution in [1.29, 1.82) is 0 Å². The van der Waals surface area contributed by atoms with Gasteiger partial charge < -0.3 is 15.7 Å². The number of carbonyl (C=O) groups is 1. The summed E-state index contributed by atoms with van der Waals surface area (Å²) in [6, 6.07) is 0.0744. The van der Waals surface area contributed by atoms with Crippen LogP contribution in [0.15, 0.2) is 0 Å². The molecule has 1 aliphatic carbocycles. The van der Waals surface area contributed by atoms with Crippen LogP contribution in [0.3, 0.4) is 0 Å². The highest BCUT2D eigenvalue weighted by Gasteiger charge is 2.32. The van der Waals surface area contributed by atoms with Gasteiger partial charge in [-0.3, -0.25) is 4.79 Å². The van der Waals surface area contributed by atoms with Gasteiger partial charge in [-0.2, -0.15) is 0 Å². The van der Waals surface area contributed by atoms with Crippen molar-refractivity contribution in [3.05, 3.63) is 0 Å². The number of hydrogen-bond acceptors (Lipinski definition) is 3. The summed E-state index contributed by atoms with van der Waals surface area (Å²) in [6.45, 7) is 3.49. The minimum Gasteiger partial charge on any atom is -0.393 e. The van der Waals surface area contributed by atoms with Crippen molar-refractivity contribution in [2.24, 2.45) is 17.6 Å². The minimum atomic E-state index is -0.253. The maximum absolute atomic E-state index is 12.6. The summed E-state index contributed by atoms with van der Waals surface area (Å²) >= 11 is 0. The Morgan fingerprint density at radius 3 is 2.65 bits per heavy atom. The molecular weight excluding hydrogens is 252 g/mol. The Labute approximate surface area is 122 Å². The lowest BCUT2D eigenvalue weighted by atomic mass is 9.85. The summed E-state index contributed by atoms with van der Waals surface area (Å²) in [7, 11) is 0. The van der Waals surface area contributed by atoms with E-state index in [2.05, 4.69) is 0 Å². The first kappa shape index (κ1) is 15.8. The van der Waals surface area contributed by atoms with Gasteiger partial charge in [0.2, 0.25) is 5.91 Å². The molecule has 2 aliphatic rings. The zero-order valence-electron chi connectivity index (χ0n) is 12.8. The molecule has 2 rings (SSSR count). The van der Waals surface area contributed by atoms with Crippen LogP contribution in [0.5, 0.6) is 0 Å². The van der Waals surface area contributed by atoms with Gasteiger partial charge in [0.25, 0.3) is 0 Å². The third kappa shape index (κ3) is 4.19. The van der Waals surface area contributed by atoms with E-state index >= 15 is 0 Å². The first-order valence-corrected chi connectivity index (χ1v) is 8.32. The highest BCUT2D eigenvalue weighted by Crippen LogP contribution is 2.28. The zero-order chi connectivity index (χ0) is 14.5. The van der Waals surface area contributed by atoms with Crippen LogP contribution in [0.25, 0.3) is 0 Å². The highest BCUT2D eigenvalue weighted by molar-refractivity contribution is 5.79. The van der Waals surface area contributed by atoms with Crippen molar-refractivity contribution in [3.8, 4) is 0 Å². The van der Waals surface area contributed by atoms with Crippen molar-refractivity contribution in [3.63, 3.8) is 0 Å². The van der Waals surface area contributed by atoms with Crippen LogP contribution in [0, 0.1) is 11.8 Å². The molecule has 0 radical (unpaired) electrons. The van der Waals surface area contributed by atoms with Crippen molar-refractivity contribution >= 4 is 5.91 Å². The number of nitrogens with zero attached hydrogens (tertiary/aromatic N) is 1. The van der Waals surface area contributed by atoms with E-state index in [1.54, 1.807) is 0 Å². The van der Waals surface area contributed by atoms with Gasteiger partial charge in [-0.15, -0.1) is 0 Å². The van der Waals surface area contributed by atoms with Crippen LogP contribution in [0.1, 0.15) is 58.3 Å². The molecule has 4 heteroatoms. The first-order valence-electron chi connectivity index (χ1n) is 8.32. The van der Waals surface area contributed by atoms with Crippen molar-refractivity contribution in [2.75, 3.05) is 13.1 Å². The van der Waals surface area contributed by atoms with Crippen molar-refractivity contribution < 1.29 is 9.90 Å². The maximum atomic E-state index is 12.6. The first-order chi connectivity index (χ1) is 9.60. The van der Waals surface area contributed by atoms with Crippen LogP contribution in [-0.4, -0.2) is 41.1 Å². The molecular formula is C16H30N2O2. The van der Waals surface area contributed by atoms with Gasteiger partial charge in [-0.05, 0) is 38.0 Å². The van der Waals surface area contributed by atoms with E-state index in [1.807, 2.05) is 11.8 Å². The van der Waals surface area contributed by atoms with E-state index in [4.69, 9.17) is 5.73 Å². The quantitative estimate of drug-likeness (QED) is 0.827. The van der Waals surface area contributed by atoms with Crippen LogP contribution in [-0.2, 0) is 4.79 Å². The van der Waals surface area contributed by atoms with Crippen molar-refractivity contribution in [2.45, 2.75) is 70.4 Å². The van der Waals surface area contributed by atoms with Crippen LogP contribution in [0.2, 0.25) is 0 Å². The van der Waals surface area contributed by atoms with E-state index in [9.17, 15) is 9.90 Å². The molecule has 20 heavy (non-hydrogen) atoms. The second-order valence-corrected chi connectivity index (χ2v) is 6.74. The number of nitrogens with two attached hydrogens (primary N) is 1. The monoisotopic (exact) mass is 282 g/mol. The number of carbonyl (C=O) groups excluding carboxylic acids is 1. The van der Waals surface area contributed by atoms with Gasteiger partial charge in [-0.25, -0.2) is 0 Å². The van der Waals surface area contributed by atoms with Gasteiger partial charge in [0, 0.05) is 25.0 Å². The average Bonchev–Trinajstić information content (AvgIpc) is 2.46. The summed E-state index contributed by atoms with van der Waals surface area (Å²) in [4.78, 5) is 14.6. The summed E-state index contributed by atoms with van der Waals surface area (Å²) < 4.78 is 0. The fourth-order valence-electron chi connectivity index (χ4n) is 3.76. The van der Waals surface area contributed by atoms with E-state index in [0.29, 0.717) is 18.4 Å². The standard InChI is InChI=1S/C16H30N2O2/c1-2-15(19)9-12-8-14(17)11-18(10-12)16(20)13-6-4-3-5-7-13/h12-15,19H,2-11,17H2,1H3. The molecule has 3 unspecified atom stereocenters. The molecule has 1 amide bonds. The number of rotatable bonds is 4. The predicted octanol–water partition coefficient (Wildman–Crippen LogP) is 1.90. The van der Waals surface area contributed by atoms with Gasteiger partial charge in [0.15, 0.2) is 0 Å². The number of hydrogen-bond donors (Lipinski definition) is 2. The average molecular weight is 282 g/mol. The second-order valence-electron chi connectivity index (χ2n) is 6.74. The van der Waals surface area contributed by atoms with Crippen LogP contribution in [0.4, 0.5) is 0 Å². The molecule has 0 aromatic heterocycles. The van der Waals surface area contributed by atoms with Gasteiger partial charge in [-0.1, -0.05) is 26.2 Å². The number of aliphatic hydroxyl groups is 1. The van der Waals surface area contributed by atoms with Crippen molar-refractivity contribution in [1.82, 2.24) is 4.90 Å². The summed E-state index contributed by atoms with van der Waals surface area (Å²) in [6.07, 6.45) is 7.99. The summed E-state index contributed by atoms with van der Waals surface area (Å²) in [5.41, 5.74) is 6.12. The number of likely N-dealkylation sites (tertiary alicyclic amines) is 1. The normalized spacial score (nSPS) is 30.2. The largest absolute Gasteiger partial charge is 0.393 e. The fraction of sp³-hybridized carbons (Fsp3) is 0.938. The molecule has 3 N–H and O–H groups in total. The molecule has 1 heterocycles. The third-order valence-electron chi connectivity index (χ3n) is 4.91. The second kappa shape index (κ2) is 7.41. The Morgan fingerprint density at radius 1 is 1.30 bits per heavy atom. The molecule has 3 atom stereocenters. The molecule has 0 bridgehead atoms. The van der Waals surface area contributed by atoms with E-state index < -0.39 is 0 Å². The van der Waals surface area contributed by atoms with E-state index in [1.165, 1.54) is 19.3 Å². The summed E-state index contributed by atoms with van der Waals surface area (Å²) in [5, 5.41) is 9.83. The Hall–Kier alpha value is -0.610. The molecule has 1 aliphatic heterocycles. The lowest BCUT2D eigenvalue weighted by molar-refractivity contribution is -0.139. The van der Waals surface area contributed by atoms with E-state index in [0.717, 1.165) is 38.6 Å². The molecule has 4 nitrogen and oxygen atoms in total. The van der Waals surface area contributed by atoms with Gasteiger partial charge >= 0.3 is 0 Å². The lowest BCUT2D eigenvalue weighted by Gasteiger charge is -2.39. The number of amides is 1. The Bertz CT molecular complexity index is 316. The maximum Gasteiger partial charge on any atom is 0.225 e. The zero-order valence-corrected chi connectivity index (χ0v) is 12.8. The molecule has 1 saturated heterocycles. The molecule has 1 saturated carbocycles. The molecule has 0 aromatic carbocycles. The topological polar surface area (TPSA) is 66.6 Å². The molecule has 2 fully saturated rings. The van der Waals surface area contributed by atoms with E-state index in [-0.39, 0.29) is 18.1 Å². The number of piperidine rings is 1. The van der Waals surface area contributed by atoms with Crippen LogP contribution >= 0.6 is 0 Å². The molecule has 0 spiro atoms. The Balaban J connectivity index is 1.91. The fourth-order valence-corrected chi connectivity index (χ4v) is 3.76. The minimum absolute atomic E-state index is 0.0744. The third-order valence-corrected chi connectivity index (χ3v) is 4.91. The van der Waals surface area contributed by atoms with Crippen LogP contribution < -0.4 is 5.73 Å². The smallest absolute Gasteiger partial charge is 0.225 e. The Kier molecular flexibility index (Phi) is 5.85. The van der Waals surface area contributed by atoms with Gasteiger partial charge in [0.05, 0.1) is 6.10 Å². The Morgan fingerprint density at radius 2 is 2.00 bits per heavy atom. The SMILES string of the molecule is CCC(O)CC1CC(N)CN(C(=O)C2CCCCC2)C1. The molecule has 0 aromatic rings. The lowest BCUT2D eigenvalue weighted by Crippen LogP contribution is -2.51. The number of aliphatic hydroxyl groups excluding tert-OH is 1.